The first-order chi connectivity index (χ1) is 10.7. The fourth-order valence-electron chi connectivity index (χ4n) is 2.22. The van der Waals surface area contributed by atoms with Gasteiger partial charge in [-0.3, -0.25) is 0 Å². The quantitative estimate of drug-likeness (QED) is 0.814. The fraction of sp³-hybridized carbons (Fsp3) is 0.176. The maximum atomic E-state index is 12.0. The van der Waals surface area contributed by atoms with Crippen LogP contribution in [0.25, 0.3) is 0 Å². The molecule has 4 nitrogen and oxygen atoms in total. The molecule has 0 spiro atoms. The Morgan fingerprint density at radius 2 is 1.82 bits per heavy atom. The molecule has 3 rings (SSSR count). The van der Waals surface area contributed by atoms with Gasteiger partial charge in [0.1, 0.15) is 5.75 Å². The summed E-state index contributed by atoms with van der Waals surface area (Å²) in [6.45, 7) is 0. The van der Waals surface area contributed by atoms with E-state index in [-0.39, 0.29) is 5.97 Å². The van der Waals surface area contributed by atoms with Crippen LogP contribution in [-0.2, 0) is 16.0 Å². The van der Waals surface area contributed by atoms with Crippen molar-refractivity contribution in [1.82, 2.24) is 0 Å². The maximum absolute atomic E-state index is 12.0. The second-order valence-electron chi connectivity index (χ2n) is 4.93. The molecule has 112 valence electrons. The van der Waals surface area contributed by atoms with E-state index in [0.717, 1.165) is 16.9 Å². The molecule has 2 aromatic carbocycles. The van der Waals surface area contributed by atoms with Crippen LogP contribution in [0.15, 0.2) is 53.5 Å². The molecule has 22 heavy (non-hydrogen) atoms. The van der Waals surface area contributed by atoms with Gasteiger partial charge in [-0.2, -0.15) is 0 Å². The monoisotopic (exact) mass is 315 g/mol. The van der Waals surface area contributed by atoms with Gasteiger partial charge in [0, 0.05) is 17.0 Å². The molecule has 0 aromatic heterocycles. The Morgan fingerprint density at radius 1 is 1.14 bits per heavy atom. The largest absolute Gasteiger partial charge is 0.497 e. The van der Waals surface area contributed by atoms with Crippen molar-refractivity contribution in [3.8, 4) is 5.75 Å². The minimum atomic E-state index is -0.515. The molecule has 0 radical (unpaired) electrons. The van der Waals surface area contributed by atoms with E-state index in [0.29, 0.717) is 17.3 Å². The zero-order valence-electron chi connectivity index (χ0n) is 12.0. The second-order valence-corrected chi connectivity index (χ2v) is 5.37. The third-order valence-electron chi connectivity index (χ3n) is 3.42. The standard InChI is InChI=1S/C17H14ClNO3/c1-21-14-8-4-12(5-9-14)16-19-15(17(20)22-16)10-11-2-6-13(18)7-3-11/h2-9,15H,10H2,1H3. The molecular formula is C17H14ClNO3. The van der Waals surface area contributed by atoms with Gasteiger partial charge in [0.05, 0.1) is 7.11 Å². The highest BCUT2D eigenvalue weighted by Crippen LogP contribution is 2.20. The van der Waals surface area contributed by atoms with Crippen molar-refractivity contribution >= 4 is 23.5 Å². The van der Waals surface area contributed by atoms with Gasteiger partial charge in [0.25, 0.3) is 0 Å². The lowest BCUT2D eigenvalue weighted by atomic mass is 10.1. The summed E-state index contributed by atoms with van der Waals surface area (Å²) in [5, 5.41) is 0.667. The molecule has 1 heterocycles. The topological polar surface area (TPSA) is 47.9 Å². The van der Waals surface area contributed by atoms with Gasteiger partial charge in [-0.1, -0.05) is 23.7 Å². The van der Waals surface area contributed by atoms with Crippen LogP contribution in [0.1, 0.15) is 11.1 Å². The highest BCUT2D eigenvalue weighted by atomic mass is 35.5. The average Bonchev–Trinajstić information content (AvgIpc) is 2.91. The number of methoxy groups -OCH3 is 1. The molecule has 1 unspecified atom stereocenters. The van der Waals surface area contributed by atoms with E-state index in [4.69, 9.17) is 21.1 Å². The van der Waals surface area contributed by atoms with Crippen LogP contribution >= 0.6 is 11.6 Å². The van der Waals surface area contributed by atoms with Crippen LogP contribution in [0, 0.1) is 0 Å². The van der Waals surface area contributed by atoms with Crippen LogP contribution < -0.4 is 4.74 Å². The molecule has 0 bridgehead atoms. The number of halogens is 1. The molecule has 0 saturated heterocycles. The van der Waals surface area contributed by atoms with E-state index in [1.807, 2.05) is 24.3 Å². The van der Waals surface area contributed by atoms with Crippen LogP contribution in [-0.4, -0.2) is 25.0 Å². The van der Waals surface area contributed by atoms with Gasteiger partial charge < -0.3 is 9.47 Å². The minimum Gasteiger partial charge on any atom is -0.497 e. The van der Waals surface area contributed by atoms with Gasteiger partial charge in [0.15, 0.2) is 6.04 Å². The SMILES string of the molecule is COc1ccc(C2=NC(Cc3ccc(Cl)cc3)C(=O)O2)cc1. The van der Waals surface area contributed by atoms with Crippen molar-refractivity contribution in [1.29, 1.82) is 0 Å². The number of esters is 1. The smallest absolute Gasteiger partial charge is 0.338 e. The molecule has 0 N–H and O–H groups in total. The van der Waals surface area contributed by atoms with Gasteiger partial charge >= 0.3 is 5.97 Å². The van der Waals surface area contributed by atoms with Gasteiger partial charge in [0.2, 0.25) is 5.90 Å². The predicted octanol–water partition coefficient (Wildman–Crippen LogP) is 3.26. The number of rotatable bonds is 4. The van der Waals surface area contributed by atoms with Crippen LogP contribution in [0.3, 0.4) is 0 Å². The Bertz CT molecular complexity index is 708. The van der Waals surface area contributed by atoms with E-state index in [1.165, 1.54) is 0 Å². The van der Waals surface area contributed by atoms with E-state index in [9.17, 15) is 4.79 Å². The summed E-state index contributed by atoms with van der Waals surface area (Å²) in [5.74, 6) is 0.763. The number of nitrogens with zero attached hydrogens (tertiary/aromatic N) is 1. The predicted molar refractivity (Wildman–Crippen MR) is 84.6 cm³/mol. The summed E-state index contributed by atoms with van der Waals surface area (Å²) >= 11 is 5.86. The number of carbonyl (C=O) groups is 1. The summed E-state index contributed by atoms with van der Waals surface area (Å²) in [4.78, 5) is 16.3. The van der Waals surface area contributed by atoms with E-state index in [2.05, 4.69) is 4.99 Å². The molecule has 0 amide bonds. The molecular weight excluding hydrogens is 302 g/mol. The van der Waals surface area contributed by atoms with Crippen molar-refractivity contribution in [3.05, 3.63) is 64.7 Å². The highest BCUT2D eigenvalue weighted by Gasteiger charge is 2.29. The fourth-order valence-corrected chi connectivity index (χ4v) is 2.35. The van der Waals surface area contributed by atoms with E-state index >= 15 is 0 Å². The molecule has 1 aliphatic rings. The summed E-state index contributed by atoms with van der Waals surface area (Å²) in [7, 11) is 1.60. The first kappa shape index (κ1) is 14.6. The number of benzene rings is 2. The van der Waals surface area contributed by atoms with Crippen molar-refractivity contribution < 1.29 is 14.3 Å². The van der Waals surface area contributed by atoms with E-state index < -0.39 is 6.04 Å². The molecule has 1 aliphatic heterocycles. The Kier molecular flexibility index (Phi) is 4.11. The molecule has 1 atom stereocenters. The number of aliphatic imine (C=N–C) groups is 1. The van der Waals surface area contributed by atoms with Crippen LogP contribution in [0.5, 0.6) is 5.75 Å². The third kappa shape index (κ3) is 3.12. The molecule has 0 saturated carbocycles. The van der Waals surface area contributed by atoms with Gasteiger partial charge in [-0.15, -0.1) is 0 Å². The number of cyclic esters (lactones) is 1. The van der Waals surface area contributed by atoms with Crippen LogP contribution in [0.2, 0.25) is 5.02 Å². The molecule has 2 aromatic rings. The third-order valence-corrected chi connectivity index (χ3v) is 3.67. The van der Waals surface area contributed by atoms with Gasteiger partial charge in [-0.05, 0) is 42.0 Å². The highest BCUT2D eigenvalue weighted by molar-refractivity contribution is 6.30. The summed E-state index contributed by atoms with van der Waals surface area (Å²) in [6.07, 6.45) is 0.496. The molecule has 5 heteroatoms. The molecule has 0 fully saturated rings. The number of hydrogen-bond donors (Lipinski definition) is 0. The summed E-state index contributed by atoms with van der Waals surface area (Å²) in [5.41, 5.74) is 1.75. The number of ether oxygens (including phenoxy) is 2. The summed E-state index contributed by atoms with van der Waals surface area (Å²) in [6, 6.07) is 14.1. The Balaban J connectivity index is 1.77. The minimum absolute atomic E-state index is 0.333. The van der Waals surface area contributed by atoms with Crippen molar-refractivity contribution in [2.75, 3.05) is 7.11 Å². The lowest BCUT2D eigenvalue weighted by molar-refractivity contribution is -0.134. The zero-order valence-corrected chi connectivity index (χ0v) is 12.7. The number of carbonyl (C=O) groups excluding carboxylic acids is 1. The van der Waals surface area contributed by atoms with Gasteiger partial charge in [-0.25, -0.2) is 9.79 Å². The number of hydrogen-bond acceptors (Lipinski definition) is 4. The Labute approximate surface area is 133 Å². The average molecular weight is 316 g/mol. The maximum Gasteiger partial charge on any atom is 0.338 e. The second kappa shape index (κ2) is 6.20. The first-order valence-corrected chi connectivity index (χ1v) is 7.22. The lowest BCUT2D eigenvalue weighted by Crippen LogP contribution is -2.17. The zero-order chi connectivity index (χ0) is 15.5. The first-order valence-electron chi connectivity index (χ1n) is 6.84. The molecule has 0 aliphatic carbocycles. The van der Waals surface area contributed by atoms with Crippen molar-refractivity contribution in [3.63, 3.8) is 0 Å². The lowest BCUT2D eigenvalue weighted by Gasteiger charge is -2.03. The Morgan fingerprint density at radius 3 is 2.45 bits per heavy atom. The van der Waals surface area contributed by atoms with Crippen molar-refractivity contribution in [2.45, 2.75) is 12.5 Å². The van der Waals surface area contributed by atoms with Crippen LogP contribution in [0.4, 0.5) is 0 Å². The van der Waals surface area contributed by atoms with E-state index in [1.54, 1.807) is 31.4 Å². The summed E-state index contributed by atoms with van der Waals surface area (Å²) < 4.78 is 10.4. The van der Waals surface area contributed by atoms with Crippen molar-refractivity contribution in [2.24, 2.45) is 4.99 Å². The normalized spacial score (nSPS) is 17.1. The Hall–Kier alpha value is -2.33.